The molecule has 0 amide bonds. The van der Waals surface area contributed by atoms with Crippen LogP contribution < -0.4 is 5.73 Å². The van der Waals surface area contributed by atoms with E-state index >= 15 is 0 Å². The Kier molecular flexibility index (Phi) is 2.84. The highest BCUT2D eigenvalue weighted by atomic mass is 16.1. The summed E-state index contributed by atoms with van der Waals surface area (Å²) < 4.78 is 0. The van der Waals surface area contributed by atoms with Gasteiger partial charge in [-0.1, -0.05) is 0 Å². The lowest BCUT2D eigenvalue weighted by molar-refractivity contribution is -0.108. The topological polar surface area (TPSA) is 55.4 Å². The Balaban J connectivity index is 3.68. The standard InChI is InChI=1S/C5H10N2O/c1-4(3-8)7-5(2)6/h3-4H,1-2H3,(H2,6,7). The normalized spacial score (nSPS) is 15.5. The zero-order valence-corrected chi connectivity index (χ0v) is 5.09. The molecule has 1 unspecified atom stereocenters. The predicted molar refractivity (Wildman–Crippen MR) is 32.8 cm³/mol. The van der Waals surface area contributed by atoms with E-state index in [0.717, 1.165) is 6.29 Å². The van der Waals surface area contributed by atoms with E-state index in [1.807, 2.05) is 0 Å². The fourth-order valence-electron chi connectivity index (χ4n) is 0.352. The van der Waals surface area contributed by atoms with Crippen molar-refractivity contribution < 1.29 is 4.79 Å². The molecule has 0 rings (SSSR count). The van der Waals surface area contributed by atoms with Crippen molar-refractivity contribution in [3.63, 3.8) is 0 Å². The minimum absolute atomic E-state index is 0.292. The number of carbonyl (C=O) groups is 1. The molecule has 3 heteroatoms. The summed E-state index contributed by atoms with van der Waals surface area (Å²) in [6.07, 6.45) is 0.746. The monoisotopic (exact) mass is 114 g/mol. The van der Waals surface area contributed by atoms with E-state index in [1.165, 1.54) is 0 Å². The Morgan fingerprint density at radius 2 is 2.38 bits per heavy atom. The van der Waals surface area contributed by atoms with Gasteiger partial charge in [-0.25, -0.2) is 0 Å². The molecule has 3 nitrogen and oxygen atoms in total. The number of hydrogen-bond acceptors (Lipinski definition) is 2. The number of nitrogens with two attached hydrogens (primary N) is 1. The molecule has 0 fully saturated rings. The maximum atomic E-state index is 9.88. The van der Waals surface area contributed by atoms with Crippen molar-refractivity contribution in [3.8, 4) is 0 Å². The van der Waals surface area contributed by atoms with Gasteiger partial charge in [0.15, 0.2) is 0 Å². The molecule has 0 heterocycles. The molecule has 0 aliphatic carbocycles. The van der Waals surface area contributed by atoms with Crippen molar-refractivity contribution in [3.05, 3.63) is 0 Å². The molecule has 0 saturated heterocycles. The van der Waals surface area contributed by atoms with Gasteiger partial charge in [-0.15, -0.1) is 0 Å². The van der Waals surface area contributed by atoms with Crippen LogP contribution in [0.3, 0.4) is 0 Å². The quantitative estimate of drug-likeness (QED) is 0.311. The summed E-state index contributed by atoms with van der Waals surface area (Å²) in [5.41, 5.74) is 5.16. The predicted octanol–water partition coefficient (Wildman–Crippen LogP) is -0.0491. The Morgan fingerprint density at radius 3 is 2.50 bits per heavy atom. The number of nitrogens with zero attached hydrogens (tertiary/aromatic N) is 1. The first-order chi connectivity index (χ1) is 3.66. The summed E-state index contributed by atoms with van der Waals surface area (Å²) in [5.74, 6) is 0.449. The minimum atomic E-state index is -0.292. The molecule has 0 aromatic heterocycles. The van der Waals surface area contributed by atoms with Gasteiger partial charge >= 0.3 is 0 Å². The third-order valence-corrected chi connectivity index (χ3v) is 0.604. The smallest absolute Gasteiger partial charge is 0.144 e. The van der Waals surface area contributed by atoms with Gasteiger partial charge in [-0.2, -0.15) is 0 Å². The number of carbonyl (C=O) groups excluding carboxylic acids is 1. The van der Waals surface area contributed by atoms with Crippen LogP contribution in [0.1, 0.15) is 13.8 Å². The van der Waals surface area contributed by atoms with E-state index < -0.39 is 0 Å². The maximum absolute atomic E-state index is 9.88. The molecule has 0 radical (unpaired) electrons. The highest BCUT2D eigenvalue weighted by Gasteiger charge is 1.91. The molecule has 0 aliphatic heterocycles. The molecule has 46 valence electrons. The lowest BCUT2D eigenvalue weighted by Gasteiger charge is -1.92. The van der Waals surface area contributed by atoms with Crippen LogP contribution >= 0.6 is 0 Å². The third-order valence-electron chi connectivity index (χ3n) is 0.604. The van der Waals surface area contributed by atoms with Crippen LogP contribution in [0.5, 0.6) is 0 Å². The summed E-state index contributed by atoms with van der Waals surface area (Å²) in [7, 11) is 0. The fraction of sp³-hybridized carbons (Fsp3) is 0.600. The van der Waals surface area contributed by atoms with Gasteiger partial charge in [0.2, 0.25) is 0 Å². The third kappa shape index (κ3) is 3.33. The van der Waals surface area contributed by atoms with Gasteiger partial charge in [0, 0.05) is 0 Å². The van der Waals surface area contributed by atoms with Gasteiger partial charge in [0.1, 0.15) is 12.3 Å². The lowest BCUT2D eigenvalue weighted by atomic mass is 10.4. The van der Waals surface area contributed by atoms with E-state index in [2.05, 4.69) is 4.99 Å². The number of aliphatic imine (C=N–C) groups is 1. The summed E-state index contributed by atoms with van der Waals surface area (Å²) >= 11 is 0. The molecular formula is C5H10N2O. The maximum Gasteiger partial charge on any atom is 0.144 e. The summed E-state index contributed by atoms with van der Waals surface area (Å²) in [5, 5.41) is 0. The van der Waals surface area contributed by atoms with E-state index in [9.17, 15) is 4.79 Å². The van der Waals surface area contributed by atoms with Gasteiger partial charge in [0.25, 0.3) is 0 Å². The van der Waals surface area contributed by atoms with E-state index in [1.54, 1.807) is 13.8 Å². The second kappa shape index (κ2) is 3.18. The van der Waals surface area contributed by atoms with Gasteiger partial charge < -0.3 is 10.5 Å². The van der Waals surface area contributed by atoms with Crippen molar-refractivity contribution in [1.82, 2.24) is 0 Å². The number of aldehydes is 1. The first-order valence-electron chi connectivity index (χ1n) is 2.42. The minimum Gasteiger partial charge on any atom is -0.388 e. The summed E-state index contributed by atoms with van der Waals surface area (Å²) in [4.78, 5) is 13.6. The van der Waals surface area contributed by atoms with Crippen molar-refractivity contribution in [2.45, 2.75) is 19.9 Å². The van der Waals surface area contributed by atoms with Crippen molar-refractivity contribution >= 4 is 12.1 Å². The van der Waals surface area contributed by atoms with Crippen molar-refractivity contribution in [2.75, 3.05) is 0 Å². The zero-order valence-electron chi connectivity index (χ0n) is 5.09. The van der Waals surface area contributed by atoms with Crippen LogP contribution in [0.2, 0.25) is 0 Å². The molecular weight excluding hydrogens is 104 g/mol. The molecule has 1 atom stereocenters. The van der Waals surface area contributed by atoms with Crippen molar-refractivity contribution in [2.24, 2.45) is 10.7 Å². The highest BCUT2D eigenvalue weighted by molar-refractivity contribution is 5.79. The van der Waals surface area contributed by atoms with Crippen LogP contribution in [-0.2, 0) is 4.79 Å². The molecule has 0 aliphatic rings. The molecule has 0 bridgehead atoms. The van der Waals surface area contributed by atoms with E-state index in [-0.39, 0.29) is 6.04 Å². The first-order valence-corrected chi connectivity index (χ1v) is 2.42. The van der Waals surface area contributed by atoms with Crippen molar-refractivity contribution in [1.29, 1.82) is 0 Å². The van der Waals surface area contributed by atoms with Crippen LogP contribution in [0.4, 0.5) is 0 Å². The Morgan fingerprint density at radius 1 is 1.88 bits per heavy atom. The average Bonchev–Trinajstić information content (AvgIpc) is 1.65. The summed E-state index contributed by atoms with van der Waals surface area (Å²) in [6, 6.07) is -0.292. The number of hydrogen-bond donors (Lipinski definition) is 1. The molecule has 8 heavy (non-hydrogen) atoms. The number of rotatable bonds is 2. The average molecular weight is 114 g/mol. The van der Waals surface area contributed by atoms with Gasteiger partial charge in [-0.05, 0) is 13.8 Å². The fourth-order valence-corrected chi connectivity index (χ4v) is 0.352. The second-order valence-electron chi connectivity index (χ2n) is 1.65. The Labute approximate surface area is 48.6 Å². The van der Waals surface area contributed by atoms with Gasteiger partial charge in [0.05, 0.1) is 5.84 Å². The Bertz CT molecular complexity index is 105. The zero-order chi connectivity index (χ0) is 6.57. The van der Waals surface area contributed by atoms with Crippen LogP contribution in [-0.4, -0.2) is 18.2 Å². The lowest BCUT2D eigenvalue weighted by Crippen LogP contribution is -2.11. The van der Waals surface area contributed by atoms with E-state index in [0.29, 0.717) is 5.84 Å². The Hall–Kier alpha value is -0.860. The van der Waals surface area contributed by atoms with Crippen LogP contribution in [0, 0.1) is 0 Å². The molecule has 0 aromatic rings. The molecule has 0 spiro atoms. The SMILES string of the molecule is CC(N)=NC(C)C=O. The molecule has 0 aromatic carbocycles. The summed E-state index contributed by atoms with van der Waals surface area (Å²) in [6.45, 7) is 3.34. The molecule has 2 N–H and O–H groups in total. The largest absolute Gasteiger partial charge is 0.388 e. The molecule has 0 saturated carbocycles. The highest BCUT2D eigenvalue weighted by Crippen LogP contribution is 1.80. The van der Waals surface area contributed by atoms with Gasteiger partial charge in [-0.3, -0.25) is 4.99 Å². The van der Waals surface area contributed by atoms with Crippen LogP contribution in [0.15, 0.2) is 4.99 Å². The van der Waals surface area contributed by atoms with Crippen LogP contribution in [0.25, 0.3) is 0 Å². The first kappa shape index (κ1) is 7.14. The number of amidine groups is 1. The second-order valence-corrected chi connectivity index (χ2v) is 1.65. The van der Waals surface area contributed by atoms with E-state index in [4.69, 9.17) is 5.73 Å².